The van der Waals surface area contributed by atoms with Gasteiger partial charge in [0.05, 0.1) is 0 Å². The summed E-state index contributed by atoms with van der Waals surface area (Å²) >= 11 is 0. The lowest BCUT2D eigenvalue weighted by atomic mass is 9.79. The monoisotopic (exact) mass is 335 g/mol. The SMILES string of the molecule is CC(C)c1noc(C2CC(NC(C)c3cccc4ccccc34)C2)n1. The molecule has 0 bridgehead atoms. The molecule has 0 radical (unpaired) electrons. The van der Waals surface area contributed by atoms with E-state index in [1.807, 2.05) is 0 Å². The van der Waals surface area contributed by atoms with Crippen LogP contribution in [0.1, 0.15) is 68.8 Å². The number of hydrogen-bond acceptors (Lipinski definition) is 4. The minimum absolute atomic E-state index is 0.317. The van der Waals surface area contributed by atoms with E-state index in [9.17, 15) is 0 Å². The topological polar surface area (TPSA) is 51.0 Å². The number of hydrogen-bond donors (Lipinski definition) is 1. The lowest BCUT2D eigenvalue weighted by Crippen LogP contribution is -2.41. The molecule has 130 valence electrons. The quantitative estimate of drug-likeness (QED) is 0.717. The molecule has 4 heteroatoms. The van der Waals surface area contributed by atoms with Gasteiger partial charge in [0.2, 0.25) is 5.89 Å². The maximum Gasteiger partial charge on any atom is 0.229 e. The van der Waals surface area contributed by atoms with Gasteiger partial charge in [-0.2, -0.15) is 4.98 Å². The van der Waals surface area contributed by atoms with Gasteiger partial charge in [0.15, 0.2) is 5.82 Å². The van der Waals surface area contributed by atoms with Crippen LogP contribution in [0, 0.1) is 0 Å². The molecule has 1 saturated carbocycles. The molecule has 0 aliphatic heterocycles. The molecule has 4 rings (SSSR count). The summed E-state index contributed by atoms with van der Waals surface area (Å²) in [6.07, 6.45) is 2.13. The van der Waals surface area contributed by atoms with Crippen LogP contribution in [0.3, 0.4) is 0 Å². The van der Waals surface area contributed by atoms with E-state index in [0.717, 1.165) is 24.6 Å². The third-order valence-electron chi connectivity index (χ3n) is 5.24. The zero-order chi connectivity index (χ0) is 17.4. The molecule has 1 aliphatic rings. The van der Waals surface area contributed by atoms with Gasteiger partial charge in [-0.15, -0.1) is 0 Å². The number of rotatable bonds is 5. The Bertz CT molecular complexity index is 859. The van der Waals surface area contributed by atoms with E-state index in [0.29, 0.717) is 23.9 Å². The molecule has 1 fully saturated rings. The molecule has 0 saturated heterocycles. The molecule has 1 atom stereocenters. The number of aromatic nitrogens is 2. The highest BCUT2D eigenvalue weighted by molar-refractivity contribution is 5.86. The Hall–Kier alpha value is -2.20. The van der Waals surface area contributed by atoms with Crippen molar-refractivity contribution >= 4 is 10.8 Å². The smallest absolute Gasteiger partial charge is 0.229 e. The van der Waals surface area contributed by atoms with Crippen LogP contribution in [0.2, 0.25) is 0 Å². The molecule has 1 aromatic heterocycles. The fourth-order valence-electron chi connectivity index (χ4n) is 3.67. The van der Waals surface area contributed by atoms with Gasteiger partial charge >= 0.3 is 0 Å². The Labute approximate surface area is 148 Å². The minimum atomic E-state index is 0.317. The molecule has 0 spiro atoms. The first-order valence-electron chi connectivity index (χ1n) is 9.19. The lowest BCUT2D eigenvalue weighted by Gasteiger charge is -2.36. The molecule has 1 heterocycles. The van der Waals surface area contributed by atoms with Crippen molar-refractivity contribution in [2.24, 2.45) is 0 Å². The van der Waals surface area contributed by atoms with Gasteiger partial charge < -0.3 is 9.84 Å². The molecule has 1 aliphatic carbocycles. The van der Waals surface area contributed by atoms with E-state index >= 15 is 0 Å². The Morgan fingerprint density at radius 2 is 1.80 bits per heavy atom. The lowest BCUT2D eigenvalue weighted by molar-refractivity contribution is 0.222. The van der Waals surface area contributed by atoms with E-state index in [-0.39, 0.29) is 0 Å². The van der Waals surface area contributed by atoms with Crippen LogP contribution in [0.25, 0.3) is 10.8 Å². The first kappa shape index (κ1) is 16.3. The highest BCUT2D eigenvalue weighted by Gasteiger charge is 2.35. The molecule has 25 heavy (non-hydrogen) atoms. The molecule has 0 amide bonds. The summed E-state index contributed by atoms with van der Waals surface area (Å²) in [5, 5.41) is 10.5. The van der Waals surface area contributed by atoms with Crippen LogP contribution in [0.4, 0.5) is 0 Å². The molecule has 3 aromatic rings. The van der Waals surface area contributed by atoms with Gasteiger partial charge in [0.1, 0.15) is 0 Å². The predicted octanol–water partition coefficient (Wildman–Crippen LogP) is 4.94. The van der Waals surface area contributed by atoms with Crippen LogP contribution < -0.4 is 5.32 Å². The largest absolute Gasteiger partial charge is 0.339 e. The number of nitrogens with zero attached hydrogens (tertiary/aromatic N) is 2. The van der Waals surface area contributed by atoms with Crippen molar-refractivity contribution in [3.63, 3.8) is 0 Å². The standard InChI is InChI=1S/C21H25N3O/c1-13(2)20-23-21(25-24-20)16-11-17(12-16)22-14(3)18-10-6-8-15-7-4-5-9-19(15)18/h4-10,13-14,16-17,22H,11-12H2,1-3H3. The molecular formula is C21H25N3O. The normalized spacial score (nSPS) is 21.4. The summed E-state index contributed by atoms with van der Waals surface area (Å²) in [6, 6.07) is 16.0. The maximum atomic E-state index is 5.44. The van der Waals surface area contributed by atoms with Crippen LogP contribution >= 0.6 is 0 Å². The van der Waals surface area contributed by atoms with E-state index in [2.05, 4.69) is 78.7 Å². The van der Waals surface area contributed by atoms with Crippen LogP contribution in [0.5, 0.6) is 0 Å². The summed E-state index contributed by atoms with van der Waals surface area (Å²) in [5.41, 5.74) is 1.36. The first-order valence-corrected chi connectivity index (χ1v) is 9.19. The maximum absolute atomic E-state index is 5.44. The molecule has 4 nitrogen and oxygen atoms in total. The van der Waals surface area contributed by atoms with E-state index in [4.69, 9.17) is 4.52 Å². The second kappa shape index (κ2) is 6.60. The Kier molecular flexibility index (Phi) is 4.30. The highest BCUT2D eigenvalue weighted by Crippen LogP contribution is 2.38. The first-order chi connectivity index (χ1) is 12.1. The average Bonchev–Trinajstić information content (AvgIpc) is 3.06. The molecule has 1 N–H and O–H groups in total. The summed E-state index contributed by atoms with van der Waals surface area (Å²) in [4.78, 5) is 4.54. The molecule has 1 unspecified atom stereocenters. The van der Waals surface area contributed by atoms with Crippen LogP contribution in [0.15, 0.2) is 47.0 Å². The number of benzene rings is 2. The minimum Gasteiger partial charge on any atom is -0.339 e. The Morgan fingerprint density at radius 3 is 2.56 bits per heavy atom. The third-order valence-corrected chi connectivity index (χ3v) is 5.24. The zero-order valence-corrected chi connectivity index (χ0v) is 15.1. The van der Waals surface area contributed by atoms with Crippen molar-refractivity contribution < 1.29 is 4.52 Å². The fourth-order valence-corrected chi connectivity index (χ4v) is 3.67. The van der Waals surface area contributed by atoms with E-state index in [1.165, 1.54) is 16.3 Å². The van der Waals surface area contributed by atoms with E-state index in [1.54, 1.807) is 0 Å². The van der Waals surface area contributed by atoms with Crippen molar-refractivity contribution in [3.05, 3.63) is 59.7 Å². The highest BCUT2D eigenvalue weighted by atomic mass is 16.5. The van der Waals surface area contributed by atoms with Crippen molar-refractivity contribution in [3.8, 4) is 0 Å². The van der Waals surface area contributed by atoms with Crippen LogP contribution in [-0.4, -0.2) is 16.2 Å². The average molecular weight is 335 g/mol. The summed E-state index contributed by atoms with van der Waals surface area (Å²) in [5.74, 6) is 2.34. The second-order valence-electron chi connectivity index (χ2n) is 7.47. The third kappa shape index (κ3) is 3.19. The number of fused-ring (bicyclic) bond motifs is 1. The van der Waals surface area contributed by atoms with Gasteiger partial charge in [0.25, 0.3) is 0 Å². The van der Waals surface area contributed by atoms with Crippen molar-refractivity contribution in [1.82, 2.24) is 15.5 Å². The van der Waals surface area contributed by atoms with Gasteiger partial charge in [-0.05, 0) is 36.1 Å². The van der Waals surface area contributed by atoms with Crippen LogP contribution in [-0.2, 0) is 0 Å². The summed E-state index contributed by atoms with van der Waals surface area (Å²) < 4.78 is 5.44. The Morgan fingerprint density at radius 1 is 1.04 bits per heavy atom. The van der Waals surface area contributed by atoms with Crippen molar-refractivity contribution in [2.75, 3.05) is 0 Å². The van der Waals surface area contributed by atoms with Crippen molar-refractivity contribution in [2.45, 2.75) is 57.5 Å². The van der Waals surface area contributed by atoms with Gasteiger partial charge in [-0.3, -0.25) is 0 Å². The predicted molar refractivity (Wildman–Crippen MR) is 99.6 cm³/mol. The van der Waals surface area contributed by atoms with Crippen molar-refractivity contribution in [1.29, 1.82) is 0 Å². The fraction of sp³-hybridized carbons (Fsp3) is 0.429. The second-order valence-corrected chi connectivity index (χ2v) is 7.47. The molecular weight excluding hydrogens is 310 g/mol. The summed E-state index contributed by atoms with van der Waals surface area (Å²) in [6.45, 7) is 6.43. The van der Waals surface area contributed by atoms with E-state index < -0.39 is 0 Å². The number of nitrogens with one attached hydrogen (secondary N) is 1. The van der Waals surface area contributed by atoms with Gasteiger partial charge in [0, 0.05) is 23.9 Å². The van der Waals surface area contributed by atoms with Gasteiger partial charge in [-0.1, -0.05) is 61.5 Å². The van der Waals surface area contributed by atoms with Gasteiger partial charge in [-0.25, -0.2) is 0 Å². The Balaban J connectivity index is 1.40. The summed E-state index contributed by atoms with van der Waals surface area (Å²) in [7, 11) is 0. The molecule has 2 aromatic carbocycles. The zero-order valence-electron chi connectivity index (χ0n) is 15.1.